The van der Waals surface area contributed by atoms with Crippen LogP contribution in [-0.4, -0.2) is 43.5 Å². The van der Waals surface area contributed by atoms with Crippen molar-refractivity contribution >= 4 is 12.1 Å². The first-order valence-electron chi connectivity index (χ1n) is 5.49. The second-order valence-electron chi connectivity index (χ2n) is 3.33. The van der Waals surface area contributed by atoms with E-state index in [2.05, 4.69) is 14.8 Å². The van der Waals surface area contributed by atoms with Crippen molar-refractivity contribution in [3.63, 3.8) is 0 Å². The van der Waals surface area contributed by atoms with Gasteiger partial charge in [-0.15, -0.1) is 0 Å². The first-order chi connectivity index (χ1) is 8.74. The van der Waals surface area contributed by atoms with Gasteiger partial charge >= 0.3 is 12.1 Å². The van der Waals surface area contributed by atoms with Crippen LogP contribution in [0.25, 0.3) is 0 Å². The number of benzene rings is 1. The van der Waals surface area contributed by atoms with E-state index >= 15 is 0 Å². The van der Waals surface area contributed by atoms with Crippen LogP contribution in [0.1, 0.15) is 10.4 Å². The molecular formula is C12H15NO5. The molecule has 0 unspecified atom stereocenters. The number of carbonyl (C=O) groups excluding carboxylic acids is 2. The molecule has 6 heteroatoms. The largest absolute Gasteiger partial charge is 0.516 e. The fourth-order valence-electron chi connectivity index (χ4n) is 1.15. The molecule has 0 saturated carbocycles. The van der Waals surface area contributed by atoms with Crippen LogP contribution in [0.3, 0.4) is 0 Å². The van der Waals surface area contributed by atoms with Crippen LogP contribution >= 0.6 is 0 Å². The Morgan fingerprint density at radius 3 is 2.56 bits per heavy atom. The fourth-order valence-corrected chi connectivity index (χ4v) is 1.15. The third kappa shape index (κ3) is 5.42. The number of nitrogens with one attached hydrogen (secondary N) is 1. The average molecular weight is 253 g/mol. The van der Waals surface area contributed by atoms with Gasteiger partial charge in [-0.3, -0.25) is 0 Å². The SMILES string of the molecule is O=C(OCCNCCO)OC(=O)c1ccccc1. The smallest absolute Gasteiger partial charge is 0.433 e. The quantitative estimate of drug-likeness (QED) is 0.438. The first-order valence-corrected chi connectivity index (χ1v) is 5.49. The number of esters is 1. The van der Waals surface area contributed by atoms with Crippen LogP contribution in [0.4, 0.5) is 4.79 Å². The monoisotopic (exact) mass is 253 g/mol. The summed E-state index contributed by atoms with van der Waals surface area (Å²) in [5, 5.41) is 11.3. The van der Waals surface area contributed by atoms with Crippen LogP contribution in [-0.2, 0) is 9.47 Å². The highest BCUT2D eigenvalue weighted by molar-refractivity contribution is 5.95. The standard InChI is InChI=1S/C12H15NO5/c14-8-6-13-7-9-17-12(16)18-11(15)10-4-2-1-3-5-10/h1-5,13-14H,6-9H2. The van der Waals surface area contributed by atoms with E-state index in [4.69, 9.17) is 5.11 Å². The van der Waals surface area contributed by atoms with Gasteiger partial charge in [0.05, 0.1) is 12.2 Å². The number of carbonyl (C=O) groups is 2. The summed E-state index contributed by atoms with van der Waals surface area (Å²) in [5.74, 6) is -0.746. The van der Waals surface area contributed by atoms with Gasteiger partial charge in [0, 0.05) is 13.1 Å². The molecular weight excluding hydrogens is 238 g/mol. The minimum atomic E-state index is -1.03. The maximum Gasteiger partial charge on any atom is 0.516 e. The minimum Gasteiger partial charge on any atom is -0.433 e. The molecule has 6 nitrogen and oxygen atoms in total. The van der Waals surface area contributed by atoms with Crippen molar-refractivity contribution in [1.82, 2.24) is 5.32 Å². The van der Waals surface area contributed by atoms with Crippen LogP contribution in [0.15, 0.2) is 30.3 Å². The lowest BCUT2D eigenvalue weighted by molar-refractivity contribution is 0.0388. The molecule has 0 radical (unpaired) electrons. The van der Waals surface area contributed by atoms with E-state index in [0.717, 1.165) is 0 Å². The zero-order chi connectivity index (χ0) is 13.2. The van der Waals surface area contributed by atoms with Crippen molar-refractivity contribution in [2.45, 2.75) is 0 Å². The Bertz CT molecular complexity index is 379. The second kappa shape index (κ2) is 8.21. The van der Waals surface area contributed by atoms with Crippen LogP contribution in [0.2, 0.25) is 0 Å². The van der Waals surface area contributed by atoms with Crippen molar-refractivity contribution in [3.8, 4) is 0 Å². The Labute approximate surface area is 105 Å². The van der Waals surface area contributed by atoms with Gasteiger partial charge in [0.1, 0.15) is 6.61 Å². The van der Waals surface area contributed by atoms with Crippen LogP contribution < -0.4 is 5.32 Å². The lowest BCUT2D eigenvalue weighted by Crippen LogP contribution is -2.25. The number of aliphatic hydroxyl groups excluding tert-OH is 1. The fraction of sp³-hybridized carbons (Fsp3) is 0.333. The number of hydrogen-bond acceptors (Lipinski definition) is 6. The van der Waals surface area contributed by atoms with E-state index in [1.165, 1.54) is 0 Å². The van der Waals surface area contributed by atoms with E-state index in [1.807, 2.05) is 0 Å². The molecule has 98 valence electrons. The van der Waals surface area contributed by atoms with Gasteiger partial charge in [0.15, 0.2) is 0 Å². The second-order valence-corrected chi connectivity index (χ2v) is 3.33. The molecule has 0 aliphatic carbocycles. The Kier molecular flexibility index (Phi) is 6.45. The molecule has 0 aliphatic heterocycles. The molecule has 0 aromatic heterocycles. The molecule has 1 aromatic carbocycles. The summed E-state index contributed by atoms with van der Waals surface area (Å²) >= 11 is 0. The third-order valence-electron chi connectivity index (χ3n) is 1.97. The van der Waals surface area contributed by atoms with Gasteiger partial charge in [-0.05, 0) is 12.1 Å². The van der Waals surface area contributed by atoms with Crippen molar-refractivity contribution in [1.29, 1.82) is 0 Å². The summed E-state index contributed by atoms with van der Waals surface area (Å²) in [6.07, 6.45) is -1.03. The summed E-state index contributed by atoms with van der Waals surface area (Å²) in [6, 6.07) is 8.17. The molecule has 0 spiro atoms. The molecule has 0 saturated heterocycles. The van der Waals surface area contributed by atoms with Crippen LogP contribution in [0.5, 0.6) is 0 Å². The maximum atomic E-state index is 11.4. The Balaban J connectivity index is 2.22. The van der Waals surface area contributed by atoms with E-state index in [0.29, 0.717) is 13.1 Å². The maximum absolute atomic E-state index is 11.4. The number of rotatable bonds is 6. The highest BCUT2D eigenvalue weighted by Gasteiger charge is 2.13. The van der Waals surface area contributed by atoms with Crippen molar-refractivity contribution in [2.24, 2.45) is 0 Å². The number of hydrogen-bond donors (Lipinski definition) is 2. The molecule has 0 amide bonds. The Morgan fingerprint density at radius 2 is 1.89 bits per heavy atom. The van der Waals surface area contributed by atoms with Crippen molar-refractivity contribution < 1.29 is 24.2 Å². The van der Waals surface area contributed by atoms with Gasteiger partial charge < -0.3 is 19.9 Å². The summed E-state index contributed by atoms with van der Waals surface area (Å²) in [5.41, 5.74) is 0.285. The van der Waals surface area contributed by atoms with E-state index in [9.17, 15) is 9.59 Å². The van der Waals surface area contributed by atoms with Crippen LogP contribution in [0, 0.1) is 0 Å². The van der Waals surface area contributed by atoms with E-state index < -0.39 is 12.1 Å². The summed E-state index contributed by atoms with van der Waals surface area (Å²) < 4.78 is 9.12. The molecule has 0 heterocycles. The predicted molar refractivity (Wildman–Crippen MR) is 63.2 cm³/mol. The minimum absolute atomic E-state index is 0.0109. The molecule has 2 N–H and O–H groups in total. The Hall–Kier alpha value is -1.92. The zero-order valence-corrected chi connectivity index (χ0v) is 9.80. The number of aliphatic hydroxyl groups is 1. The summed E-state index contributed by atoms with van der Waals surface area (Å²) in [7, 11) is 0. The average Bonchev–Trinajstić information content (AvgIpc) is 2.39. The summed E-state index contributed by atoms with van der Waals surface area (Å²) in [6.45, 7) is 0.883. The topological polar surface area (TPSA) is 84.9 Å². The molecule has 0 bridgehead atoms. The molecule has 0 fully saturated rings. The lowest BCUT2D eigenvalue weighted by Gasteiger charge is -2.05. The lowest BCUT2D eigenvalue weighted by atomic mass is 10.2. The van der Waals surface area contributed by atoms with Gasteiger partial charge in [0.25, 0.3) is 0 Å². The van der Waals surface area contributed by atoms with Crippen molar-refractivity contribution in [2.75, 3.05) is 26.3 Å². The van der Waals surface area contributed by atoms with Crippen molar-refractivity contribution in [3.05, 3.63) is 35.9 Å². The van der Waals surface area contributed by atoms with Gasteiger partial charge in [-0.1, -0.05) is 18.2 Å². The number of ether oxygens (including phenoxy) is 2. The predicted octanol–water partition coefficient (Wildman–Crippen LogP) is 0.562. The first kappa shape index (κ1) is 14.1. The molecule has 0 atom stereocenters. The third-order valence-corrected chi connectivity index (χ3v) is 1.97. The van der Waals surface area contributed by atoms with Gasteiger partial charge in [0.2, 0.25) is 0 Å². The van der Waals surface area contributed by atoms with Gasteiger partial charge in [-0.25, -0.2) is 9.59 Å². The molecule has 18 heavy (non-hydrogen) atoms. The molecule has 1 rings (SSSR count). The normalized spacial score (nSPS) is 9.83. The highest BCUT2D eigenvalue weighted by Crippen LogP contribution is 2.01. The zero-order valence-electron chi connectivity index (χ0n) is 9.80. The van der Waals surface area contributed by atoms with Gasteiger partial charge in [-0.2, -0.15) is 0 Å². The molecule has 1 aromatic rings. The van der Waals surface area contributed by atoms with E-state index in [1.54, 1.807) is 30.3 Å². The summed E-state index contributed by atoms with van der Waals surface area (Å²) in [4.78, 5) is 22.5. The van der Waals surface area contributed by atoms with E-state index in [-0.39, 0.29) is 18.8 Å². The highest BCUT2D eigenvalue weighted by atomic mass is 16.7. The molecule has 0 aliphatic rings. The Morgan fingerprint density at radius 1 is 1.17 bits per heavy atom.